The molecule has 0 aliphatic carbocycles. The van der Waals surface area contributed by atoms with Crippen LogP contribution in [0.25, 0.3) is 0 Å². The van der Waals surface area contributed by atoms with Crippen LogP contribution in [-0.4, -0.2) is 24.2 Å². The summed E-state index contributed by atoms with van der Waals surface area (Å²) in [6.07, 6.45) is 1.91. The van der Waals surface area contributed by atoms with Gasteiger partial charge in [-0.05, 0) is 32.6 Å². The minimum absolute atomic E-state index is 0. The minimum atomic E-state index is 0. The molecule has 0 bridgehead atoms. The first-order valence-corrected chi connectivity index (χ1v) is 6.46. The van der Waals surface area contributed by atoms with Crippen molar-refractivity contribution in [2.45, 2.75) is 40.5 Å². The first-order chi connectivity index (χ1) is 8.50. The van der Waals surface area contributed by atoms with Crippen molar-refractivity contribution >= 4 is 29.9 Å². The average molecular weight is 380 g/mol. The number of hydrogen-bond acceptors (Lipinski definition) is 3. The van der Waals surface area contributed by atoms with E-state index in [0.717, 1.165) is 42.9 Å². The Morgan fingerprint density at radius 2 is 2.11 bits per heavy atom. The second-order valence-electron chi connectivity index (χ2n) is 4.93. The van der Waals surface area contributed by atoms with Gasteiger partial charge < -0.3 is 15.6 Å². The van der Waals surface area contributed by atoms with Gasteiger partial charge in [-0.3, -0.25) is 4.99 Å². The Morgan fingerprint density at radius 1 is 1.42 bits per heavy atom. The second kappa shape index (κ2) is 9.17. The normalized spacial score (nSPS) is 11.5. The molecule has 0 saturated heterocycles. The van der Waals surface area contributed by atoms with Crippen LogP contribution in [0.3, 0.4) is 0 Å². The lowest BCUT2D eigenvalue weighted by atomic mass is 10.1. The van der Waals surface area contributed by atoms with Crippen molar-refractivity contribution in [3.8, 4) is 0 Å². The molecule has 1 heterocycles. The topological polar surface area (TPSA) is 76.4 Å². The molecule has 1 aromatic rings. The van der Waals surface area contributed by atoms with E-state index >= 15 is 0 Å². The molecule has 0 spiro atoms. The third-order valence-electron chi connectivity index (χ3n) is 2.85. The predicted molar refractivity (Wildman–Crippen MR) is 89.0 cm³/mol. The highest BCUT2D eigenvalue weighted by molar-refractivity contribution is 14.0. The number of nitrogens with two attached hydrogens (primary N) is 1. The Bertz CT molecular complexity index is 382. The number of aliphatic imine (C=N–C) groups is 1. The Kier molecular flexibility index (Phi) is 8.79. The van der Waals surface area contributed by atoms with Crippen molar-refractivity contribution in [1.29, 1.82) is 0 Å². The van der Waals surface area contributed by atoms with Gasteiger partial charge in [0.25, 0.3) is 0 Å². The van der Waals surface area contributed by atoms with E-state index in [-0.39, 0.29) is 24.0 Å². The van der Waals surface area contributed by atoms with Gasteiger partial charge in [0.2, 0.25) is 0 Å². The van der Waals surface area contributed by atoms with E-state index < -0.39 is 0 Å². The highest BCUT2D eigenvalue weighted by Gasteiger charge is 2.07. The molecule has 0 aliphatic rings. The van der Waals surface area contributed by atoms with Gasteiger partial charge in [-0.2, -0.15) is 0 Å². The van der Waals surface area contributed by atoms with Crippen LogP contribution in [0.2, 0.25) is 0 Å². The van der Waals surface area contributed by atoms with Gasteiger partial charge >= 0.3 is 0 Å². The quantitative estimate of drug-likeness (QED) is 0.452. The van der Waals surface area contributed by atoms with Crippen LogP contribution < -0.4 is 11.1 Å². The fourth-order valence-electron chi connectivity index (χ4n) is 1.67. The van der Waals surface area contributed by atoms with Crippen LogP contribution in [0.15, 0.2) is 9.52 Å². The Labute approximate surface area is 132 Å². The molecule has 5 nitrogen and oxygen atoms in total. The molecule has 0 saturated carbocycles. The highest BCUT2D eigenvalue weighted by Crippen LogP contribution is 2.11. The van der Waals surface area contributed by atoms with Crippen molar-refractivity contribution in [3.63, 3.8) is 0 Å². The zero-order valence-electron chi connectivity index (χ0n) is 12.2. The van der Waals surface area contributed by atoms with Gasteiger partial charge in [-0.1, -0.05) is 19.0 Å². The molecule has 0 radical (unpaired) electrons. The lowest BCUT2D eigenvalue weighted by molar-refractivity contribution is 0.392. The fourth-order valence-corrected chi connectivity index (χ4v) is 1.67. The van der Waals surface area contributed by atoms with Gasteiger partial charge in [-0.25, -0.2) is 0 Å². The zero-order valence-corrected chi connectivity index (χ0v) is 14.5. The van der Waals surface area contributed by atoms with Crippen LogP contribution in [0.4, 0.5) is 0 Å². The number of guanidine groups is 1. The third-order valence-corrected chi connectivity index (χ3v) is 2.85. The van der Waals surface area contributed by atoms with Gasteiger partial charge in [0, 0.05) is 18.7 Å². The van der Waals surface area contributed by atoms with E-state index in [0.29, 0.717) is 11.9 Å². The summed E-state index contributed by atoms with van der Waals surface area (Å²) in [6, 6.07) is 0. The molecular weight excluding hydrogens is 355 g/mol. The molecule has 1 aromatic heterocycles. The first kappa shape index (κ1) is 18.2. The lowest BCUT2D eigenvalue weighted by Crippen LogP contribution is -2.33. The molecule has 0 aromatic carbocycles. The molecule has 6 heteroatoms. The smallest absolute Gasteiger partial charge is 0.188 e. The summed E-state index contributed by atoms with van der Waals surface area (Å²) < 4.78 is 5.10. The van der Waals surface area contributed by atoms with Crippen molar-refractivity contribution < 1.29 is 4.52 Å². The van der Waals surface area contributed by atoms with Crippen LogP contribution >= 0.6 is 24.0 Å². The molecule has 0 aliphatic heterocycles. The summed E-state index contributed by atoms with van der Waals surface area (Å²) in [7, 11) is 0. The van der Waals surface area contributed by atoms with Gasteiger partial charge in [0.15, 0.2) is 5.96 Å². The predicted octanol–water partition coefficient (Wildman–Crippen LogP) is 2.40. The van der Waals surface area contributed by atoms with Crippen molar-refractivity contribution in [3.05, 3.63) is 17.0 Å². The summed E-state index contributed by atoms with van der Waals surface area (Å²) >= 11 is 0. The molecule has 110 valence electrons. The van der Waals surface area contributed by atoms with E-state index in [1.54, 1.807) is 0 Å². The maximum Gasteiger partial charge on any atom is 0.188 e. The van der Waals surface area contributed by atoms with E-state index in [4.69, 9.17) is 10.3 Å². The number of nitrogens with zero attached hydrogens (tertiary/aromatic N) is 2. The van der Waals surface area contributed by atoms with Gasteiger partial charge in [0.1, 0.15) is 5.76 Å². The summed E-state index contributed by atoms with van der Waals surface area (Å²) in [5.74, 6) is 2.05. The second-order valence-corrected chi connectivity index (χ2v) is 4.93. The average Bonchev–Trinajstić information content (AvgIpc) is 2.60. The number of hydrogen-bond donors (Lipinski definition) is 2. The molecule has 19 heavy (non-hydrogen) atoms. The molecule has 0 amide bonds. The minimum Gasteiger partial charge on any atom is -0.370 e. The maximum absolute atomic E-state index is 5.78. The Balaban J connectivity index is 0.00000324. The summed E-state index contributed by atoms with van der Waals surface area (Å²) in [5, 5.41) is 7.03. The third kappa shape index (κ3) is 6.79. The number of aromatic nitrogens is 1. The van der Waals surface area contributed by atoms with Gasteiger partial charge in [-0.15, -0.1) is 24.0 Å². The molecular formula is C13H25IN4O. The monoisotopic (exact) mass is 380 g/mol. The molecule has 0 atom stereocenters. The summed E-state index contributed by atoms with van der Waals surface area (Å²) in [5.41, 5.74) is 7.87. The van der Waals surface area contributed by atoms with Crippen molar-refractivity contribution in [1.82, 2.24) is 10.5 Å². The molecule has 0 unspecified atom stereocenters. The number of aryl methyl sites for hydroxylation is 2. The fraction of sp³-hybridized carbons (Fsp3) is 0.692. The van der Waals surface area contributed by atoms with E-state index in [1.807, 2.05) is 13.8 Å². The largest absolute Gasteiger partial charge is 0.370 e. The van der Waals surface area contributed by atoms with Crippen LogP contribution in [0, 0.1) is 19.8 Å². The SMILES string of the molecule is Cc1noc(C)c1CCNC(N)=NCCC(C)C.I. The van der Waals surface area contributed by atoms with E-state index in [1.165, 1.54) is 0 Å². The highest BCUT2D eigenvalue weighted by atomic mass is 127. The maximum atomic E-state index is 5.78. The first-order valence-electron chi connectivity index (χ1n) is 6.46. The number of halogens is 1. The van der Waals surface area contributed by atoms with Crippen LogP contribution in [0.1, 0.15) is 37.3 Å². The Hall–Kier alpha value is -0.790. The van der Waals surface area contributed by atoms with Crippen molar-refractivity contribution in [2.24, 2.45) is 16.6 Å². The Morgan fingerprint density at radius 3 is 2.63 bits per heavy atom. The van der Waals surface area contributed by atoms with Crippen LogP contribution in [-0.2, 0) is 6.42 Å². The lowest BCUT2D eigenvalue weighted by Gasteiger charge is -2.06. The van der Waals surface area contributed by atoms with E-state index in [2.05, 4.69) is 29.3 Å². The van der Waals surface area contributed by atoms with Gasteiger partial charge in [0.05, 0.1) is 5.69 Å². The summed E-state index contributed by atoms with van der Waals surface area (Å²) in [6.45, 7) is 9.76. The number of rotatable bonds is 6. The molecule has 0 fully saturated rings. The number of nitrogens with one attached hydrogen (secondary N) is 1. The van der Waals surface area contributed by atoms with E-state index in [9.17, 15) is 0 Å². The van der Waals surface area contributed by atoms with Crippen molar-refractivity contribution in [2.75, 3.05) is 13.1 Å². The zero-order chi connectivity index (χ0) is 13.5. The standard InChI is InChI=1S/C13H24N4O.HI/c1-9(2)5-7-15-13(14)16-8-6-12-10(3)17-18-11(12)4;/h9H,5-8H2,1-4H3,(H3,14,15,16);1H. The molecule has 1 rings (SSSR count). The van der Waals surface area contributed by atoms with Crippen LogP contribution in [0.5, 0.6) is 0 Å². The molecule has 3 N–H and O–H groups in total. The summed E-state index contributed by atoms with van der Waals surface area (Å²) in [4.78, 5) is 4.27.